The summed E-state index contributed by atoms with van der Waals surface area (Å²) in [5.41, 5.74) is 1.37. The minimum absolute atomic E-state index is 0.172. The van der Waals surface area contributed by atoms with Crippen molar-refractivity contribution in [2.45, 2.75) is 26.4 Å². The van der Waals surface area contributed by atoms with Gasteiger partial charge in [-0.3, -0.25) is 9.59 Å². The molecule has 1 aromatic carbocycles. The fourth-order valence-electron chi connectivity index (χ4n) is 2.19. The summed E-state index contributed by atoms with van der Waals surface area (Å²) in [5.74, 6) is -0.692. The SMILES string of the molecule is COc1cccc2c1CC(C(=O)OC(C)C)C2=O. The molecule has 0 spiro atoms. The lowest BCUT2D eigenvalue weighted by molar-refractivity contribution is -0.150. The van der Waals surface area contributed by atoms with Crippen LogP contribution >= 0.6 is 0 Å². The Labute approximate surface area is 106 Å². The molecule has 0 heterocycles. The van der Waals surface area contributed by atoms with Gasteiger partial charge in [-0.2, -0.15) is 0 Å². The van der Waals surface area contributed by atoms with Gasteiger partial charge in [0, 0.05) is 11.1 Å². The molecular formula is C14H16O4. The highest BCUT2D eigenvalue weighted by Crippen LogP contribution is 2.34. The Hall–Kier alpha value is -1.84. The second-order valence-electron chi connectivity index (χ2n) is 4.59. The summed E-state index contributed by atoms with van der Waals surface area (Å²) in [6, 6.07) is 5.27. The van der Waals surface area contributed by atoms with Gasteiger partial charge in [-0.05, 0) is 26.3 Å². The summed E-state index contributed by atoms with van der Waals surface area (Å²) in [6.45, 7) is 3.54. The second-order valence-corrected chi connectivity index (χ2v) is 4.59. The number of benzene rings is 1. The molecule has 1 aliphatic rings. The maximum atomic E-state index is 12.1. The smallest absolute Gasteiger partial charge is 0.317 e. The highest BCUT2D eigenvalue weighted by atomic mass is 16.5. The van der Waals surface area contributed by atoms with Crippen molar-refractivity contribution < 1.29 is 19.1 Å². The van der Waals surface area contributed by atoms with Crippen molar-refractivity contribution in [1.82, 2.24) is 0 Å². The van der Waals surface area contributed by atoms with Crippen LogP contribution in [0.1, 0.15) is 29.8 Å². The van der Waals surface area contributed by atoms with Crippen molar-refractivity contribution in [3.8, 4) is 5.75 Å². The molecule has 2 rings (SSSR count). The maximum Gasteiger partial charge on any atom is 0.317 e. The monoisotopic (exact) mass is 248 g/mol. The Kier molecular flexibility index (Phi) is 3.36. The van der Waals surface area contributed by atoms with E-state index in [2.05, 4.69) is 0 Å². The zero-order chi connectivity index (χ0) is 13.3. The number of ether oxygens (including phenoxy) is 2. The molecule has 1 atom stereocenters. The second kappa shape index (κ2) is 4.80. The number of Topliss-reactive ketones (excluding diaryl/α,β-unsaturated/α-hetero) is 1. The lowest BCUT2D eigenvalue weighted by Gasteiger charge is -2.11. The number of hydrogen-bond acceptors (Lipinski definition) is 4. The van der Waals surface area contributed by atoms with E-state index >= 15 is 0 Å². The fraction of sp³-hybridized carbons (Fsp3) is 0.429. The van der Waals surface area contributed by atoms with E-state index in [1.54, 1.807) is 39.2 Å². The molecule has 0 saturated carbocycles. The van der Waals surface area contributed by atoms with E-state index in [0.29, 0.717) is 17.7 Å². The molecule has 4 heteroatoms. The molecule has 0 amide bonds. The summed E-state index contributed by atoms with van der Waals surface area (Å²) in [4.78, 5) is 24.0. The summed E-state index contributed by atoms with van der Waals surface area (Å²) < 4.78 is 10.3. The first-order chi connectivity index (χ1) is 8.54. The normalized spacial score (nSPS) is 17.8. The third-order valence-electron chi connectivity index (χ3n) is 2.98. The van der Waals surface area contributed by atoms with E-state index < -0.39 is 11.9 Å². The number of methoxy groups -OCH3 is 1. The van der Waals surface area contributed by atoms with E-state index in [1.807, 2.05) is 0 Å². The molecule has 0 aromatic heterocycles. The van der Waals surface area contributed by atoms with E-state index in [4.69, 9.17) is 9.47 Å². The molecule has 0 N–H and O–H groups in total. The van der Waals surface area contributed by atoms with Crippen LogP contribution in [-0.2, 0) is 16.0 Å². The lowest BCUT2D eigenvalue weighted by Crippen LogP contribution is -2.25. The standard InChI is InChI=1S/C14H16O4/c1-8(2)18-14(16)11-7-10-9(13(11)15)5-4-6-12(10)17-3/h4-6,8,11H,7H2,1-3H3. The number of fused-ring (bicyclic) bond motifs is 1. The largest absolute Gasteiger partial charge is 0.496 e. The molecule has 1 aromatic rings. The summed E-state index contributed by atoms with van der Waals surface area (Å²) in [6.07, 6.45) is 0.153. The number of hydrogen-bond donors (Lipinski definition) is 0. The number of esters is 1. The Morgan fingerprint density at radius 3 is 2.72 bits per heavy atom. The third kappa shape index (κ3) is 2.10. The number of carbonyl (C=O) groups is 2. The lowest BCUT2D eigenvalue weighted by atomic mass is 10.1. The predicted molar refractivity (Wildman–Crippen MR) is 65.7 cm³/mol. The van der Waals surface area contributed by atoms with Gasteiger partial charge in [-0.15, -0.1) is 0 Å². The van der Waals surface area contributed by atoms with Crippen LogP contribution in [0.25, 0.3) is 0 Å². The van der Waals surface area contributed by atoms with Crippen LogP contribution in [-0.4, -0.2) is 25.0 Å². The minimum atomic E-state index is -0.723. The highest BCUT2D eigenvalue weighted by molar-refractivity contribution is 6.12. The van der Waals surface area contributed by atoms with Gasteiger partial charge in [0.25, 0.3) is 0 Å². The van der Waals surface area contributed by atoms with Crippen LogP contribution in [0.15, 0.2) is 18.2 Å². The van der Waals surface area contributed by atoms with Crippen molar-refractivity contribution in [3.63, 3.8) is 0 Å². The Balaban J connectivity index is 2.27. The first-order valence-electron chi connectivity index (χ1n) is 5.95. The molecule has 1 aliphatic carbocycles. The zero-order valence-electron chi connectivity index (χ0n) is 10.7. The van der Waals surface area contributed by atoms with Gasteiger partial charge in [0.15, 0.2) is 5.78 Å². The molecule has 0 bridgehead atoms. The summed E-state index contributed by atoms with van der Waals surface area (Å²) in [5, 5.41) is 0. The van der Waals surface area contributed by atoms with Crippen LogP contribution in [0.4, 0.5) is 0 Å². The fourth-order valence-corrected chi connectivity index (χ4v) is 2.19. The Morgan fingerprint density at radius 2 is 2.11 bits per heavy atom. The topological polar surface area (TPSA) is 52.6 Å². The molecule has 0 fully saturated rings. The first-order valence-corrected chi connectivity index (χ1v) is 5.95. The van der Waals surface area contributed by atoms with Gasteiger partial charge in [-0.25, -0.2) is 0 Å². The minimum Gasteiger partial charge on any atom is -0.496 e. The molecule has 4 nitrogen and oxygen atoms in total. The van der Waals surface area contributed by atoms with Crippen molar-refractivity contribution in [2.75, 3.05) is 7.11 Å². The van der Waals surface area contributed by atoms with Gasteiger partial charge >= 0.3 is 5.97 Å². The molecule has 0 saturated heterocycles. The van der Waals surface area contributed by atoms with Gasteiger partial charge in [0.1, 0.15) is 11.7 Å². The van der Waals surface area contributed by atoms with E-state index in [-0.39, 0.29) is 11.9 Å². The van der Waals surface area contributed by atoms with Crippen LogP contribution in [0.3, 0.4) is 0 Å². The van der Waals surface area contributed by atoms with Crippen molar-refractivity contribution in [2.24, 2.45) is 5.92 Å². The van der Waals surface area contributed by atoms with E-state index in [9.17, 15) is 9.59 Å². The van der Waals surface area contributed by atoms with Crippen molar-refractivity contribution in [1.29, 1.82) is 0 Å². The van der Waals surface area contributed by atoms with Crippen molar-refractivity contribution in [3.05, 3.63) is 29.3 Å². The average Bonchev–Trinajstić information content (AvgIpc) is 2.66. The van der Waals surface area contributed by atoms with E-state index in [0.717, 1.165) is 5.56 Å². The summed E-state index contributed by atoms with van der Waals surface area (Å²) >= 11 is 0. The van der Waals surface area contributed by atoms with Crippen LogP contribution in [0.2, 0.25) is 0 Å². The average molecular weight is 248 g/mol. The zero-order valence-corrected chi connectivity index (χ0v) is 10.7. The van der Waals surface area contributed by atoms with Crippen LogP contribution in [0.5, 0.6) is 5.75 Å². The third-order valence-corrected chi connectivity index (χ3v) is 2.98. The molecular weight excluding hydrogens is 232 g/mol. The first kappa shape index (κ1) is 12.6. The van der Waals surface area contributed by atoms with Gasteiger partial charge < -0.3 is 9.47 Å². The molecule has 0 aliphatic heterocycles. The number of carbonyl (C=O) groups excluding carboxylic acids is 2. The predicted octanol–water partition coefficient (Wildman–Crippen LogP) is 2.00. The van der Waals surface area contributed by atoms with Gasteiger partial charge in [0.05, 0.1) is 13.2 Å². The van der Waals surface area contributed by atoms with Crippen LogP contribution < -0.4 is 4.74 Å². The van der Waals surface area contributed by atoms with Gasteiger partial charge in [0.2, 0.25) is 0 Å². The molecule has 1 unspecified atom stereocenters. The molecule has 18 heavy (non-hydrogen) atoms. The molecule has 96 valence electrons. The maximum absolute atomic E-state index is 12.1. The summed E-state index contributed by atoms with van der Waals surface area (Å²) in [7, 11) is 1.56. The quantitative estimate of drug-likeness (QED) is 0.606. The highest BCUT2D eigenvalue weighted by Gasteiger charge is 2.38. The van der Waals surface area contributed by atoms with Crippen LogP contribution in [0, 0.1) is 5.92 Å². The molecule has 0 radical (unpaired) electrons. The number of ketones is 1. The Bertz CT molecular complexity index is 491. The van der Waals surface area contributed by atoms with Gasteiger partial charge in [-0.1, -0.05) is 12.1 Å². The van der Waals surface area contributed by atoms with E-state index in [1.165, 1.54) is 0 Å². The Morgan fingerprint density at radius 1 is 1.39 bits per heavy atom. The van der Waals surface area contributed by atoms with Crippen molar-refractivity contribution >= 4 is 11.8 Å². The number of rotatable bonds is 3.